The Balaban J connectivity index is 2.19. The second-order valence-corrected chi connectivity index (χ2v) is 7.53. The van der Waals surface area contributed by atoms with E-state index in [1.807, 2.05) is 5.32 Å². The molecule has 1 aromatic heterocycles. The molecule has 152 valence electrons. The molecule has 0 radical (unpaired) electrons. The van der Waals surface area contributed by atoms with Crippen LogP contribution >= 0.6 is 7.60 Å². The zero-order chi connectivity index (χ0) is 20.5. The van der Waals surface area contributed by atoms with Gasteiger partial charge in [-0.15, -0.1) is 0 Å². The first kappa shape index (κ1) is 21.4. The number of rotatable bonds is 6. The van der Waals surface area contributed by atoms with Crippen molar-refractivity contribution in [1.82, 2.24) is 14.9 Å². The van der Waals surface area contributed by atoms with Crippen LogP contribution in [0.15, 0.2) is 15.8 Å². The molecule has 0 aromatic carbocycles. The molecule has 1 aromatic rings. The van der Waals surface area contributed by atoms with Crippen LogP contribution in [0.25, 0.3) is 0 Å². The summed E-state index contributed by atoms with van der Waals surface area (Å²) in [5.74, 6) is -3.21. The highest BCUT2D eigenvalue weighted by molar-refractivity contribution is 7.53. The lowest BCUT2D eigenvalue weighted by Gasteiger charge is -2.21. The molecule has 0 bridgehead atoms. The van der Waals surface area contributed by atoms with Crippen molar-refractivity contribution < 1.29 is 38.8 Å². The number of hydrogen-bond donors (Lipinski definition) is 6. The Bertz CT molecular complexity index is 861. The first-order valence-electron chi connectivity index (χ1n) is 7.67. The van der Waals surface area contributed by atoms with E-state index >= 15 is 0 Å². The Kier molecular flexibility index (Phi) is 6.37. The average Bonchev–Trinajstić information content (AvgIpc) is 2.87. The van der Waals surface area contributed by atoms with Crippen molar-refractivity contribution in [2.45, 2.75) is 30.3 Å². The van der Waals surface area contributed by atoms with Gasteiger partial charge in [-0.25, -0.2) is 4.79 Å². The van der Waals surface area contributed by atoms with E-state index < -0.39 is 61.6 Å². The molecule has 1 amide bonds. The van der Waals surface area contributed by atoms with Gasteiger partial charge in [-0.05, 0) is 0 Å². The van der Waals surface area contributed by atoms with E-state index in [0.717, 1.165) is 17.8 Å². The molecule has 14 heteroatoms. The van der Waals surface area contributed by atoms with Crippen LogP contribution in [0.2, 0.25) is 0 Å². The number of aliphatic hydroxyl groups excluding tert-OH is 2. The predicted molar refractivity (Wildman–Crippen MR) is 87.8 cm³/mol. The van der Waals surface area contributed by atoms with Crippen molar-refractivity contribution in [3.63, 3.8) is 0 Å². The molecule has 0 saturated carbocycles. The zero-order valence-electron chi connectivity index (χ0n) is 14.3. The number of likely N-dealkylation sites (N-methyl/N-ethyl adjacent to an activating group) is 1. The lowest BCUT2D eigenvalue weighted by atomic mass is 10.0. The standard InChI is InChI=1S/C13H20N3O10P/c1-14-10(19)12(27(22,23)24)25-4-6-7(17)8(18)9(26-6)5-3-15-13(21)16(2)11(5)20/h3,6-9,12,17-18H,4H2,1-2H3,(H,14,19)(H,15,21)(H2,22,23,24)/t6-,7-,8-,9-,12?/m1/s1. The van der Waals surface area contributed by atoms with Crippen LogP contribution in [0, 0.1) is 0 Å². The molecule has 1 aliphatic rings. The molecule has 1 unspecified atom stereocenters. The number of aliphatic hydroxyl groups is 2. The fourth-order valence-corrected chi connectivity index (χ4v) is 3.28. The van der Waals surface area contributed by atoms with Gasteiger partial charge in [0.2, 0.25) is 5.85 Å². The summed E-state index contributed by atoms with van der Waals surface area (Å²) in [4.78, 5) is 55.8. The van der Waals surface area contributed by atoms with Gasteiger partial charge >= 0.3 is 13.3 Å². The third-order valence-corrected chi connectivity index (χ3v) is 5.07. The Morgan fingerprint density at radius 1 is 1.41 bits per heavy atom. The van der Waals surface area contributed by atoms with E-state index in [0.29, 0.717) is 0 Å². The Morgan fingerprint density at radius 2 is 2.04 bits per heavy atom. The first-order valence-corrected chi connectivity index (χ1v) is 9.35. The fraction of sp³-hybridized carbons (Fsp3) is 0.615. The van der Waals surface area contributed by atoms with Crippen LogP contribution in [0.5, 0.6) is 0 Å². The smallest absolute Gasteiger partial charge is 0.363 e. The Labute approximate surface area is 151 Å². The van der Waals surface area contributed by atoms with Crippen molar-refractivity contribution in [2.24, 2.45) is 7.05 Å². The minimum Gasteiger partial charge on any atom is -0.387 e. The number of aromatic nitrogens is 2. The van der Waals surface area contributed by atoms with Gasteiger partial charge in [-0.1, -0.05) is 0 Å². The number of aromatic amines is 1. The molecule has 1 aliphatic heterocycles. The van der Waals surface area contributed by atoms with Crippen molar-refractivity contribution in [3.8, 4) is 0 Å². The third kappa shape index (κ3) is 4.35. The summed E-state index contributed by atoms with van der Waals surface area (Å²) >= 11 is 0. The maximum Gasteiger partial charge on any atom is 0.363 e. The highest BCUT2D eigenvalue weighted by Gasteiger charge is 2.46. The van der Waals surface area contributed by atoms with Crippen molar-refractivity contribution >= 4 is 13.5 Å². The van der Waals surface area contributed by atoms with Gasteiger partial charge in [0.15, 0.2) is 0 Å². The monoisotopic (exact) mass is 409 g/mol. The fourth-order valence-electron chi connectivity index (χ4n) is 2.57. The minimum absolute atomic E-state index is 0.135. The lowest BCUT2D eigenvalue weighted by Crippen LogP contribution is -2.39. The molecular weight excluding hydrogens is 389 g/mol. The Hall–Kier alpha value is -1.86. The van der Waals surface area contributed by atoms with Gasteiger partial charge in [-0.2, -0.15) is 0 Å². The number of H-pyrrole nitrogens is 1. The largest absolute Gasteiger partial charge is 0.387 e. The van der Waals surface area contributed by atoms with Crippen molar-refractivity contribution in [3.05, 3.63) is 32.6 Å². The predicted octanol–water partition coefficient (Wildman–Crippen LogP) is -3.50. The normalized spacial score (nSPS) is 26.7. The number of hydrogen-bond acceptors (Lipinski definition) is 8. The van der Waals surface area contributed by atoms with Gasteiger partial charge in [-0.3, -0.25) is 18.7 Å². The summed E-state index contributed by atoms with van der Waals surface area (Å²) < 4.78 is 22.4. The zero-order valence-corrected chi connectivity index (χ0v) is 15.2. The molecule has 6 N–H and O–H groups in total. The lowest BCUT2D eigenvalue weighted by molar-refractivity contribution is -0.131. The van der Waals surface area contributed by atoms with E-state index in [2.05, 4.69) is 4.98 Å². The van der Waals surface area contributed by atoms with Crippen molar-refractivity contribution in [1.29, 1.82) is 0 Å². The molecule has 1 saturated heterocycles. The van der Waals surface area contributed by atoms with Crippen LogP contribution < -0.4 is 16.6 Å². The average molecular weight is 409 g/mol. The van der Waals surface area contributed by atoms with E-state index in [4.69, 9.17) is 9.47 Å². The molecular formula is C13H20N3O10P. The molecule has 5 atom stereocenters. The topological polar surface area (TPSA) is 200 Å². The summed E-state index contributed by atoms with van der Waals surface area (Å²) in [5.41, 5.74) is -1.58. The molecule has 1 fully saturated rings. The van der Waals surface area contributed by atoms with Crippen LogP contribution in [-0.4, -0.2) is 73.3 Å². The van der Waals surface area contributed by atoms with Crippen LogP contribution in [0.4, 0.5) is 0 Å². The Morgan fingerprint density at radius 3 is 2.59 bits per heavy atom. The number of carbonyl (C=O) groups is 1. The highest BCUT2D eigenvalue weighted by Crippen LogP contribution is 2.42. The van der Waals surface area contributed by atoms with Crippen molar-refractivity contribution in [2.75, 3.05) is 13.7 Å². The van der Waals surface area contributed by atoms with E-state index in [-0.39, 0.29) is 5.56 Å². The van der Waals surface area contributed by atoms with Crippen LogP contribution in [-0.2, 0) is 25.9 Å². The maximum absolute atomic E-state index is 12.1. The minimum atomic E-state index is -4.96. The SMILES string of the molecule is CNC(=O)C(OC[C@H]1O[C@H](c2c[nH]c(=O)n(C)c2=O)[C@H](O)[C@@H]1O)P(=O)(O)O. The molecule has 0 spiro atoms. The first-order chi connectivity index (χ1) is 12.5. The summed E-state index contributed by atoms with van der Waals surface area (Å²) in [6.45, 7) is -0.651. The maximum atomic E-state index is 12.1. The van der Waals surface area contributed by atoms with E-state index in [1.54, 1.807) is 0 Å². The molecule has 27 heavy (non-hydrogen) atoms. The van der Waals surface area contributed by atoms with Gasteiger partial charge in [0, 0.05) is 20.3 Å². The summed E-state index contributed by atoms with van der Waals surface area (Å²) in [7, 11) is -2.60. The number of nitrogens with zero attached hydrogens (tertiary/aromatic N) is 1. The second kappa shape index (κ2) is 8.02. The summed E-state index contributed by atoms with van der Waals surface area (Å²) in [6.07, 6.45) is -4.73. The molecule has 0 aliphatic carbocycles. The molecule has 2 heterocycles. The van der Waals surface area contributed by atoms with Gasteiger partial charge in [0.25, 0.3) is 11.5 Å². The van der Waals surface area contributed by atoms with E-state index in [1.165, 1.54) is 7.05 Å². The number of nitrogens with one attached hydrogen (secondary N) is 2. The molecule has 2 rings (SSSR count). The van der Waals surface area contributed by atoms with Crippen LogP contribution in [0.1, 0.15) is 11.7 Å². The quantitative estimate of drug-likeness (QED) is 0.256. The number of amides is 1. The second-order valence-electron chi connectivity index (χ2n) is 5.88. The van der Waals surface area contributed by atoms with E-state index in [9.17, 15) is 38.9 Å². The number of carbonyl (C=O) groups excluding carboxylic acids is 1. The van der Waals surface area contributed by atoms with Gasteiger partial charge in [0.05, 0.1) is 12.2 Å². The van der Waals surface area contributed by atoms with Gasteiger partial charge in [0.1, 0.15) is 24.4 Å². The summed E-state index contributed by atoms with van der Waals surface area (Å²) in [5, 5.41) is 22.3. The van der Waals surface area contributed by atoms with Crippen LogP contribution in [0.3, 0.4) is 0 Å². The summed E-state index contributed by atoms with van der Waals surface area (Å²) in [6, 6.07) is 0. The highest BCUT2D eigenvalue weighted by atomic mass is 31.2. The third-order valence-electron chi connectivity index (χ3n) is 4.07. The molecule has 13 nitrogen and oxygen atoms in total. The van der Waals surface area contributed by atoms with Gasteiger partial charge < -0.3 is 39.8 Å². The number of ether oxygens (including phenoxy) is 2.